The molecule has 0 saturated heterocycles. The zero-order chi connectivity index (χ0) is 16.5. The molecule has 0 bridgehead atoms. The Bertz CT molecular complexity index is 661. The quantitative estimate of drug-likeness (QED) is 0.860. The van der Waals surface area contributed by atoms with E-state index >= 15 is 0 Å². The zero-order valence-electron chi connectivity index (χ0n) is 13.5. The van der Waals surface area contributed by atoms with Crippen LogP contribution in [0.1, 0.15) is 50.3 Å². The van der Waals surface area contributed by atoms with Crippen LogP contribution in [0.3, 0.4) is 0 Å². The summed E-state index contributed by atoms with van der Waals surface area (Å²) in [5.74, 6) is 1.37. The summed E-state index contributed by atoms with van der Waals surface area (Å²) in [6.45, 7) is 7.45. The number of carbonyl (C=O) groups excluding carboxylic acids is 1. The monoisotopic (exact) mass is 328 g/mol. The molecule has 1 amide bonds. The predicted molar refractivity (Wildman–Crippen MR) is 83.9 cm³/mol. The maximum absolute atomic E-state index is 12.0. The molecule has 2 rings (SSSR count). The van der Waals surface area contributed by atoms with Crippen LogP contribution in [-0.4, -0.2) is 26.6 Å². The number of furan rings is 1. The van der Waals surface area contributed by atoms with Gasteiger partial charge in [-0.2, -0.15) is 0 Å². The van der Waals surface area contributed by atoms with Gasteiger partial charge in [0.2, 0.25) is 15.9 Å². The number of fused-ring (bicyclic) bond motifs is 1. The summed E-state index contributed by atoms with van der Waals surface area (Å²) in [7, 11) is -3.36. The normalized spacial score (nSPS) is 20.5. The van der Waals surface area contributed by atoms with E-state index in [1.165, 1.54) is 6.92 Å². The van der Waals surface area contributed by atoms with Gasteiger partial charge in [-0.1, -0.05) is 13.8 Å². The van der Waals surface area contributed by atoms with Crippen LogP contribution in [0.15, 0.2) is 10.5 Å². The molecule has 0 fully saturated rings. The van der Waals surface area contributed by atoms with Crippen LogP contribution in [-0.2, 0) is 21.2 Å². The van der Waals surface area contributed by atoms with Crippen molar-refractivity contribution in [1.82, 2.24) is 10.0 Å². The highest BCUT2D eigenvalue weighted by Crippen LogP contribution is 2.41. The van der Waals surface area contributed by atoms with Crippen LogP contribution in [0.5, 0.6) is 0 Å². The molecule has 0 aliphatic heterocycles. The van der Waals surface area contributed by atoms with Crippen LogP contribution in [0.2, 0.25) is 0 Å². The molecule has 1 aliphatic carbocycles. The van der Waals surface area contributed by atoms with E-state index in [1.807, 2.05) is 13.0 Å². The fourth-order valence-corrected chi connectivity index (χ4v) is 3.39. The second-order valence-corrected chi connectivity index (χ2v) is 8.72. The van der Waals surface area contributed by atoms with E-state index in [2.05, 4.69) is 23.9 Å². The van der Waals surface area contributed by atoms with E-state index in [0.29, 0.717) is 0 Å². The van der Waals surface area contributed by atoms with Gasteiger partial charge in [-0.15, -0.1) is 0 Å². The molecule has 1 aromatic rings. The Labute approximate surface area is 131 Å². The maximum atomic E-state index is 12.0. The third kappa shape index (κ3) is 4.10. The minimum absolute atomic E-state index is 0.0260. The number of aryl methyl sites for hydroxylation is 1. The zero-order valence-corrected chi connectivity index (χ0v) is 14.3. The van der Waals surface area contributed by atoms with Crippen LogP contribution >= 0.6 is 0 Å². The van der Waals surface area contributed by atoms with Gasteiger partial charge in [0, 0.05) is 12.0 Å². The highest BCUT2D eigenvalue weighted by Gasteiger charge is 2.35. The van der Waals surface area contributed by atoms with Gasteiger partial charge in [0.15, 0.2) is 0 Å². The first kappa shape index (κ1) is 17.0. The van der Waals surface area contributed by atoms with Gasteiger partial charge >= 0.3 is 0 Å². The van der Waals surface area contributed by atoms with E-state index in [0.717, 1.165) is 29.9 Å². The van der Waals surface area contributed by atoms with Gasteiger partial charge in [0.25, 0.3) is 0 Å². The molecule has 1 aromatic heterocycles. The van der Waals surface area contributed by atoms with Gasteiger partial charge in [-0.05, 0) is 31.7 Å². The standard InChI is InChI=1S/C15H24N2O4S/c1-5-22(19,20)16-9-14(18)17-12-7-15(3,4)8-13-11(12)6-10(2)21-13/h6,12,16H,5,7-9H2,1-4H3,(H,17,18)/t12-/m0/s1. The van der Waals surface area contributed by atoms with E-state index < -0.39 is 10.0 Å². The van der Waals surface area contributed by atoms with Crippen molar-refractivity contribution in [2.75, 3.05) is 12.3 Å². The first-order chi connectivity index (χ1) is 10.1. The Hall–Kier alpha value is -1.34. The lowest BCUT2D eigenvalue weighted by molar-refractivity contribution is -0.121. The molecule has 0 spiro atoms. The minimum atomic E-state index is -3.36. The molecular weight excluding hydrogens is 304 g/mol. The number of amides is 1. The molecule has 1 aliphatic rings. The topological polar surface area (TPSA) is 88.4 Å². The van der Waals surface area contributed by atoms with E-state index in [-0.39, 0.29) is 29.7 Å². The van der Waals surface area contributed by atoms with Crippen molar-refractivity contribution in [2.24, 2.45) is 5.41 Å². The summed E-state index contributed by atoms with van der Waals surface area (Å²) in [5.41, 5.74) is 1.03. The summed E-state index contributed by atoms with van der Waals surface area (Å²) in [6, 6.07) is 1.81. The average molecular weight is 328 g/mol. The molecule has 0 unspecified atom stereocenters. The second kappa shape index (κ2) is 6.04. The number of hydrogen-bond donors (Lipinski definition) is 2. The van der Waals surface area contributed by atoms with Gasteiger partial charge < -0.3 is 9.73 Å². The third-order valence-electron chi connectivity index (χ3n) is 3.90. The van der Waals surface area contributed by atoms with Crippen molar-refractivity contribution < 1.29 is 17.6 Å². The number of rotatable bonds is 5. The molecule has 22 heavy (non-hydrogen) atoms. The SMILES string of the molecule is CCS(=O)(=O)NCC(=O)N[C@H]1CC(C)(C)Cc2oc(C)cc21. The van der Waals surface area contributed by atoms with Gasteiger partial charge in [-0.3, -0.25) is 4.79 Å². The molecule has 0 saturated carbocycles. The molecule has 124 valence electrons. The van der Waals surface area contributed by atoms with E-state index in [9.17, 15) is 13.2 Å². The molecule has 0 aromatic carbocycles. The van der Waals surface area contributed by atoms with Crippen LogP contribution in [0.4, 0.5) is 0 Å². The first-order valence-electron chi connectivity index (χ1n) is 7.48. The second-order valence-electron chi connectivity index (χ2n) is 6.63. The molecular formula is C15H24N2O4S. The van der Waals surface area contributed by atoms with E-state index in [1.54, 1.807) is 0 Å². The summed E-state index contributed by atoms with van der Waals surface area (Å²) < 4.78 is 30.8. The van der Waals surface area contributed by atoms with Crippen LogP contribution in [0.25, 0.3) is 0 Å². The predicted octanol–water partition coefficient (Wildman–Crippen LogP) is 1.66. The van der Waals surface area contributed by atoms with Crippen molar-refractivity contribution in [2.45, 2.75) is 46.6 Å². The lowest BCUT2D eigenvalue weighted by atomic mass is 9.74. The first-order valence-corrected chi connectivity index (χ1v) is 9.13. The van der Waals surface area contributed by atoms with Crippen molar-refractivity contribution in [1.29, 1.82) is 0 Å². The fraction of sp³-hybridized carbons (Fsp3) is 0.667. The Balaban J connectivity index is 2.07. The highest BCUT2D eigenvalue weighted by atomic mass is 32.2. The third-order valence-corrected chi connectivity index (χ3v) is 5.25. The Kier molecular flexibility index (Phi) is 4.67. The number of carbonyl (C=O) groups is 1. The Morgan fingerprint density at radius 3 is 2.77 bits per heavy atom. The lowest BCUT2D eigenvalue weighted by Crippen LogP contribution is -2.41. The number of hydrogen-bond acceptors (Lipinski definition) is 4. The van der Waals surface area contributed by atoms with Crippen LogP contribution in [0, 0.1) is 12.3 Å². The molecule has 0 radical (unpaired) electrons. The smallest absolute Gasteiger partial charge is 0.235 e. The number of nitrogens with one attached hydrogen (secondary N) is 2. The lowest BCUT2D eigenvalue weighted by Gasteiger charge is -2.34. The summed E-state index contributed by atoms with van der Waals surface area (Å²) in [5, 5.41) is 2.91. The molecule has 6 nitrogen and oxygen atoms in total. The van der Waals surface area contributed by atoms with Gasteiger partial charge in [0.05, 0.1) is 18.3 Å². The largest absolute Gasteiger partial charge is 0.466 e. The maximum Gasteiger partial charge on any atom is 0.235 e. The van der Waals surface area contributed by atoms with Crippen molar-refractivity contribution in [3.05, 3.63) is 23.2 Å². The van der Waals surface area contributed by atoms with Crippen molar-refractivity contribution >= 4 is 15.9 Å². The molecule has 1 heterocycles. The highest BCUT2D eigenvalue weighted by molar-refractivity contribution is 7.89. The Morgan fingerprint density at radius 1 is 1.45 bits per heavy atom. The fourth-order valence-electron chi connectivity index (χ4n) is 2.84. The number of sulfonamides is 1. The van der Waals surface area contributed by atoms with Gasteiger partial charge in [-0.25, -0.2) is 13.1 Å². The average Bonchev–Trinajstić information content (AvgIpc) is 2.75. The van der Waals surface area contributed by atoms with Gasteiger partial charge in [0.1, 0.15) is 11.5 Å². The van der Waals surface area contributed by atoms with Crippen molar-refractivity contribution in [3.63, 3.8) is 0 Å². The molecule has 2 N–H and O–H groups in total. The summed E-state index contributed by atoms with van der Waals surface area (Å²) in [6.07, 6.45) is 1.64. The molecule has 1 atom stereocenters. The summed E-state index contributed by atoms with van der Waals surface area (Å²) >= 11 is 0. The molecule has 7 heteroatoms. The van der Waals surface area contributed by atoms with Crippen LogP contribution < -0.4 is 10.0 Å². The van der Waals surface area contributed by atoms with E-state index in [4.69, 9.17) is 4.42 Å². The van der Waals surface area contributed by atoms with Crippen molar-refractivity contribution in [3.8, 4) is 0 Å². The Morgan fingerprint density at radius 2 is 2.14 bits per heavy atom. The summed E-state index contributed by atoms with van der Waals surface area (Å²) in [4.78, 5) is 12.0. The minimum Gasteiger partial charge on any atom is -0.466 e.